The van der Waals surface area contributed by atoms with Gasteiger partial charge in [-0.2, -0.15) is 0 Å². The molecule has 6 heteroatoms. The summed E-state index contributed by atoms with van der Waals surface area (Å²) in [6, 6.07) is 5.90. The molecule has 0 aromatic heterocycles. The lowest BCUT2D eigenvalue weighted by molar-refractivity contribution is 0.198. The summed E-state index contributed by atoms with van der Waals surface area (Å²) in [6.07, 6.45) is 2.57. The number of benzene rings is 1. The Morgan fingerprint density at radius 3 is 2.65 bits per heavy atom. The SMILES string of the molecule is COc1ccc(NC(N)=NCC(C(C)C)N2CCCC2)cc1Cl. The van der Waals surface area contributed by atoms with Crippen molar-refractivity contribution in [2.24, 2.45) is 16.6 Å². The maximum Gasteiger partial charge on any atom is 0.193 e. The molecular formula is C17H27ClN4O. The Hall–Kier alpha value is -1.46. The van der Waals surface area contributed by atoms with Gasteiger partial charge < -0.3 is 15.8 Å². The fraction of sp³-hybridized carbons (Fsp3) is 0.588. The summed E-state index contributed by atoms with van der Waals surface area (Å²) in [5.74, 6) is 1.61. The van der Waals surface area contributed by atoms with Gasteiger partial charge in [0.2, 0.25) is 0 Å². The molecule has 1 atom stereocenters. The van der Waals surface area contributed by atoms with Gasteiger partial charge in [0, 0.05) is 11.7 Å². The van der Waals surface area contributed by atoms with E-state index >= 15 is 0 Å². The molecule has 0 spiro atoms. The monoisotopic (exact) mass is 338 g/mol. The van der Waals surface area contributed by atoms with Crippen LogP contribution in [0.25, 0.3) is 0 Å². The molecule has 0 radical (unpaired) electrons. The number of hydrogen-bond acceptors (Lipinski definition) is 3. The van der Waals surface area contributed by atoms with Crippen LogP contribution in [0.1, 0.15) is 26.7 Å². The minimum Gasteiger partial charge on any atom is -0.495 e. The van der Waals surface area contributed by atoms with Gasteiger partial charge in [-0.05, 0) is 50.0 Å². The second-order valence-corrected chi connectivity index (χ2v) is 6.66. The van der Waals surface area contributed by atoms with Crippen LogP contribution in [0.2, 0.25) is 5.02 Å². The first-order valence-corrected chi connectivity index (χ1v) is 8.53. The number of anilines is 1. The Morgan fingerprint density at radius 1 is 1.39 bits per heavy atom. The number of rotatable bonds is 6. The maximum atomic E-state index is 6.12. The van der Waals surface area contributed by atoms with Gasteiger partial charge in [0.05, 0.1) is 18.7 Å². The van der Waals surface area contributed by atoms with Crippen LogP contribution in [0, 0.1) is 5.92 Å². The van der Waals surface area contributed by atoms with Crippen LogP contribution >= 0.6 is 11.6 Å². The largest absolute Gasteiger partial charge is 0.495 e. The smallest absolute Gasteiger partial charge is 0.193 e. The predicted molar refractivity (Wildman–Crippen MR) is 97.5 cm³/mol. The zero-order valence-electron chi connectivity index (χ0n) is 14.2. The van der Waals surface area contributed by atoms with E-state index in [1.165, 1.54) is 25.9 Å². The highest BCUT2D eigenvalue weighted by molar-refractivity contribution is 6.32. The minimum absolute atomic E-state index is 0.413. The topological polar surface area (TPSA) is 62.9 Å². The van der Waals surface area contributed by atoms with Crippen molar-refractivity contribution in [3.63, 3.8) is 0 Å². The summed E-state index contributed by atoms with van der Waals surface area (Å²) in [5.41, 5.74) is 6.82. The highest BCUT2D eigenvalue weighted by Gasteiger charge is 2.24. The Balaban J connectivity index is 1.97. The Bertz CT molecular complexity index is 541. The lowest BCUT2D eigenvalue weighted by Gasteiger charge is -2.29. The van der Waals surface area contributed by atoms with E-state index in [1.807, 2.05) is 6.07 Å². The normalized spacial score (nSPS) is 17.5. The van der Waals surface area contributed by atoms with Crippen molar-refractivity contribution >= 4 is 23.2 Å². The fourth-order valence-corrected chi connectivity index (χ4v) is 3.20. The molecule has 0 saturated carbocycles. The van der Waals surface area contributed by atoms with E-state index in [0.29, 0.717) is 35.2 Å². The first kappa shape index (κ1) is 17.9. The second-order valence-electron chi connectivity index (χ2n) is 6.25. The van der Waals surface area contributed by atoms with Crippen LogP contribution in [0.3, 0.4) is 0 Å². The molecule has 5 nitrogen and oxygen atoms in total. The molecule has 1 saturated heterocycles. The summed E-state index contributed by atoms with van der Waals surface area (Å²) in [6.45, 7) is 7.52. The number of aliphatic imine (C=N–C) groups is 1. The number of halogens is 1. The number of guanidine groups is 1. The van der Waals surface area contributed by atoms with Crippen molar-refractivity contribution in [1.29, 1.82) is 0 Å². The summed E-state index contributed by atoms with van der Waals surface area (Å²) < 4.78 is 5.14. The molecule has 0 aliphatic carbocycles. The van der Waals surface area contributed by atoms with E-state index in [9.17, 15) is 0 Å². The molecule has 23 heavy (non-hydrogen) atoms. The Morgan fingerprint density at radius 2 is 2.09 bits per heavy atom. The second kappa shape index (κ2) is 8.41. The molecule has 128 valence electrons. The van der Waals surface area contributed by atoms with Crippen LogP contribution in [0.15, 0.2) is 23.2 Å². The lowest BCUT2D eigenvalue weighted by Crippen LogP contribution is -2.40. The molecule has 1 heterocycles. The minimum atomic E-state index is 0.413. The van der Waals surface area contributed by atoms with Crippen molar-refractivity contribution in [3.8, 4) is 5.75 Å². The van der Waals surface area contributed by atoms with Gasteiger partial charge in [0.15, 0.2) is 5.96 Å². The van der Waals surface area contributed by atoms with E-state index in [4.69, 9.17) is 22.1 Å². The van der Waals surface area contributed by atoms with Crippen molar-refractivity contribution in [3.05, 3.63) is 23.2 Å². The van der Waals surface area contributed by atoms with Gasteiger partial charge in [0.1, 0.15) is 5.75 Å². The first-order valence-electron chi connectivity index (χ1n) is 8.15. The third-order valence-electron chi connectivity index (χ3n) is 4.25. The molecule has 1 aliphatic rings. The van der Waals surface area contributed by atoms with Crippen LogP contribution in [0.5, 0.6) is 5.75 Å². The average Bonchev–Trinajstić information content (AvgIpc) is 3.01. The molecule has 3 N–H and O–H groups in total. The van der Waals surface area contributed by atoms with Crippen molar-refractivity contribution in [2.45, 2.75) is 32.7 Å². The standard InChI is InChI=1S/C17H27ClN4O/c1-12(2)15(22-8-4-5-9-22)11-20-17(19)21-13-6-7-16(23-3)14(18)10-13/h6-7,10,12,15H,4-5,8-9,11H2,1-3H3,(H3,19,20,21). The number of methoxy groups -OCH3 is 1. The van der Waals surface area contributed by atoms with E-state index < -0.39 is 0 Å². The number of nitrogens with one attached hydrogen (secondary N) is 1. The molecule has 0 bridgehead atoms. The van der Waals surface area contributed by atoms with E-state index in [-0.39, 0.29) is 0 Å². The highest BCUT2D eigenvalue weighted by atomic mass is 35.5. The van der Waals surface area contributed by atoms with Crippen LogP contribution in [-0.4, -0.2) is 43.6 Å². The molecule has 1 aliphatic heterocycles. The number of ether oxygens (including phenoxy) is 1. The highest BCUT2D eigenvalue weighted by Crippen LogP contribution is 2.27. The molecule has 1 fully saturated rings. The Labute approximate surface area is 143 Å². The number of likely N-dealkylation sites (tertiary alicyclic amines) is 1. The van der Waals surface area contributed by atoms with Crippen molar-refractivity contribution in [1.82, 2.24) is 4.90 Å². The van der Waals surface area contributed by atoms with Gasteiger partial charge in [-0.25, -0.2) is 0 Å². The molecule has 0 amide bonds. The maximum absolute atomic E-state index is 6.12. The summed E-state index contributed by atoms with van der Waals surface area (Å²) in [5, 5.41) is 3.63. The summed E-state index contributed by atoms with van der Waals surface area (Å²) in [4.78, 5) is 7.04. The Kier molecular flexibility index (Phi) is 6.54. The van der Waals surface area contributed by atoms with E-state index in [1.54, 1.807) is 19.2 Å². The third kappa shape index (κ3) is 5.01. The predicted octanol–water partition coefficient (Wildman–Crippen LogP) is 3.20. The van der Waals surface area contributed by atoms with Crippen LogP contribution < -0.4 is 15.8 Å². The molecule has 1 aromatic carbocycles. The number of nitrogens with two attached hydrogens (primary N) is 1. The van der Waals surface area contributed by atoms with Gasteiger partial charge >= 0.3 is 0 Å². The van der Waals surface area contributed by atoms with E-state index in [0.717, 1.165) is 5.69 Å². The average molecular weight is 339 g/mol. The van der Waals surface area contributed by atoms with Gasteiger partial charge in [-0.3, -0.25) is 9.89 Å². The van der Waals surface area contributed by atoms with Crippen LogP contribution in [0.4, 0.5) is 5.69 Å². The summed E-state index contributed by atoms with van der Waals surface area (Å²) >= 11 is 6.12. The quantitative estimate of drug-likeness (QED) is 0.617. The third-order valence-corrected chi connectivity index (χ3v) is 4.55. The molecule has 1 aromatic rings. The first-order chi connectivity index (χ1) is 11.0. The van der Waals surface area contributed by atoms with Gasteiger partial charge in [0.25, 0.3) is 0 Å². The van der Waals surface area contributed by atoms with Crippen molar-refractivity contribution < 1.29 is 4.74 Å². The van der Waals surface area contributed by atoms with E-state index in [2.05, 4.69) is 29.1 Å². The molecule has 2 rings (SSSR count). The molecular weight excluding hydrogens is 312 g/mol. The number of hydrogen-bond donors (Lipinski definition) is 2. The van der Waals surface area contributed by atoms with Gasteiger partial charge in [-0.15, -0.1) is 0 Å². The number of nitrogens with zero attached hydrogens (tertiary/aromatic N) is 2. The zero-order valence-corrected chi connectivity index (χ0v) is 14.9. The van der Waals surface area contributed by atoms with Crippen LogP contribution in [-0.2, 0) is 0 Å². The summed E-state index contributed by atoms with van der Waals surface area (Å²) in [7, 11) is 1.59. The zero-order chi connectivity index (χ0) is 16.8. The molecule has 1 unspecified atom stereocenters. The fourth-order valence-electron chi connectivity index (χ4n) is 2.94. The lowest BCUT2D eigenvalue weighted by atomic mass is 10.0. The van der Waals surface area contributed by atoms with Gasteiger partial charge in [-0.1, -0.05) is 25.4 Å². The van der Waals surface area contributed by atoms with Crippen molar-refractivity contribution in [2.75, 3.05) is 32.1 Å².